The van der Waals surface area contributed by atoms with Gasteiger partial charge in [-0.3, -0.25) is 14.5 Å². The summed E-state index contributed by atoms with van der Waals surface area (Å²) in [5.41, 5.74) is 0. The van der Waals surface area contributed by atoms with Crippen molar-refractivity contribution in [2.45, 2.75) is 36.9 Å². The van der Waals surface area contributed by atoms with Crippen LogP contribution < -0.4 is 0 Å². The Hall–Kier alpha value is -1.49. The average Bonchev–Trinajstić information content (AvgIpc) is 3.29. The Morgan fingerprint density at radius 2 is 1.83 bits per heavy atom. The number of hydrogen-bond donors (Lipinski definition) is 0. The highest BCUT2D eigenvalue weighted by Gasteiger charge is 2.35. The van der Waals surface area contributed by atoms with Gasteiger partial charge in [0, 0.05) is 39.3 Å². The fraction of sp³-hybridized carbons (Fsp3) is 0.684. The van der Waals surface area contributed by atoms with Gasteiger partial charge in [-0.15, -0.1) is 11.3 Å². The standard InChI is InChI=1S/C19H29N3O5S2/c1-3-27-19(24)16-6-8-21(9-7-16)18(23)15(2)20-10-12-22(13-11-20)29(25,26)17-5-4-14-28-17/h4-5,14-16H,3,6-13H2,1-2H3. The van der Waals surface area contributed by atoms with E-state index in [2.05, 4.69) is 0 Å². The first-order valence-electron chi connectivity index (χ1n) is 10.1. The van der Waals surface area contributed by atoms with Crippen molar-refractivity contribution in [3.05, 3.63) is 17.5 Å². The van der Waals surface area contributed by atoms with E-state index in [0.717, 1.165) is 0 Å². The van der Waals surface area contributed by atoms with Crippen molar-refractivity contribution in [1.82, 2.24) is 14.1 Å². The highest BCUT2D eigenvalue weighted by Crippen LogP contribution is 2.24. The van der Waals surface area contributed by atoms with E-state index in [1.807, 2.05) is 16.7 Å². The van der Waals surface area contributed by atoms with Gasteiger partial charge in [-0.25, -0.2) is 8.42 Å². The maximum absolute atomic E-state index is 12.9. The molecule has 0 aromatic carbocycles. The molecule has 0 radical (unpaired) electrons. The number of esters is 1. The van der Waals surface area contributed by atoms with Crippen molar-refractivity contribution in [2.75, 3.05) is 45.9 Å². The molecule has 1 aromatic rings. The molecule has 3 heterocycles. The van der Waals surface area contributed by atoms with Gasteiger partial charge in [-0.1, -0.05) is 6.07 Å². The van der Waals surface area contributed by atoms with Gasteiger partial charge in [0.1, 0.15) is 4.21 Å². The minimum Gasteiger partial charge on any atom is -0.466 e. The topological polar surface area (TPSA) is 87.2 Å². The lowest BCUT2D eigenvalue weighted by molar-refractivity contribution is -0.152. The number of piperazine rings is 1. The van der Waals surface area contributed by atoms with Crippen molar-refractivity contribution < 1.29 is 22.7 Å². The number of carbonyl (C=O) groups excluding carboxylic acids is 2. The van der Waals surface area contributed by atoms with E-state index >= 15 is 0 Å². The zero-order chi connectivity index (χ0) is 21.0. The summed E-state index contributed by atoms with van der Waals surface area (Å²) >= 11 is 1.22. The van der Waals surface area contributed by atoms with Crippen LogP contribution >= 0.6 is 11.3 Å². The average molecular weight is 444 g/mol. The summed E-state index contributed by atoms with van der Waals surface area (Å²) in [4.78, 5) is 28.6. The third-order valence-corrected chi connectivity index (χ3v) is 8.97. The fourth-order valence-corrected chi connectivity index (χ4v) is 6.45. The minimum absolute atomic E-state index is 0.0434. The molecule has 29 heavy (non-hydrogen) atoms. The molecule has 1 aromatic heterocycles. The lowest BCUT2D eigenvalue weighted by Gasteiger charge is -2.39. The van der Waals surface area contributed by atoms with E-state index < -0.39 is 10.0 Å². The SMILES string of the molecule is CCOC(=O)C1CCN(C(=O)C(C)N2CCN(S(=O)(=O)c3cccs3)CC2)CC1. The van der Waals surface area contributed by atoms with Gasteiger partial charge in [0.2, 0.25) is 5.91 Å². The number of ether oxygens (including phenoxy) is 1. The Morgan fingerprint density at radius 1 is 1.17 bits per heavy atom. The monoisotopic (exact) mass is 443 g/mol. The van der Waals surface area contributed by atoms with E-state index in [1.54, 1.807) is 24.4 Å². The lowest BCUT2D eigenvalue weighted by Crippen LogP contribution is -2.56. The van der Waals surface area contributed by atoms with Crippen LogP contribution in [0.5, 0.6) is 0 Å². The fourth-order valence-electron chi connectivity index (χ4n) is 3.88. The Balaban J connectivity index is 1.50. The van der Waals surface area contributed by atoms with Crippen molar-refractivity contribution in [1.29, 1.82) is 0 Å². The molecule has 2 aliphatic heterocycles. The van der Waals surface area contributed by atoms with Crippen molar-refractivity contribution >= 4 is 33.2 Å². The van der Waals surface area contributed by atoms with Crippen LogP contribution in [0, 0.1) is 5.92 Å². The van der Waals surface area contributed by atoms with Crippen LogP contribution in [0.25, 0.3) is 0 Å². The lowest BCUT2D eigenvalue weighted by atomic mass is 9.96. The van der Waals surface area contributed by atoms with Crippen LogP contribution in [0.15, 0.2) is 21.7 Å². The molecule has 0 spiro atoms. The second-order valence-electron chi connectivity index (χ2n) is 7.40. The Labute approximate surface area is 176 Å². The summed E-state index contributed by atoms with van der Waals surface area (Å²) in [5, 5.41) is 1.76. The van der Waals surface area contributed by atoms with Gasteiger partial charge in [-0.2, -0.15) is 4.31 Å². The first-order chi connectivity index (χ1) is 13.8. The van der Waals surface area contributed by atoms with E-state index in [0.29, 0.717) is 62.9 Å². The molecule has 1 atom stereocenters. The number of carbonyl (C=O) groups is 2. The zero-order valence-corrected chi connectivity index (χ0v) is 18.6. The number of hydrogen-bond acceptors (Lipinski definition) is 7. The first kappa shape index (κ1) is 22.2. The predicted octanol–water partition coefficient (Wildman–Crippen LogP) is 1.24. The molecule has 10 heteroatoms. The smallest absolute Gasteiger partial charge is 0.309 e. The summed E-state index contributed by atoms with van der Waals surface area (Å²) in [5.74, 6) is -0.252. The third-order valence-electron chi connectivity index (χ3n) is 5.69. The molecule has 0 aliphatic carbocycles. The third kappa shape index (κ3) is 4.99. The summed E-state index contributed by atoms with van der Waals surface area (Å²) in [6.07, 6.45) is 1.26. The van der Waals surface area contributed by atoms with Crippen LogP contribution in [0.4, 0.5) is 0 Å². The molecule has 0 N–H and O–H groups in total. The van der Waals surface area contributed by atoms with Crippen LogP contribution in [0.1, 0.15) is 26.7 Å². The number of nitrogens with zero attached hydrogens (tertiary/aromatic N) is 3. The van der Waals surface area contributed by atoms with Gasteiger partial charge in [0.05, 0.1) is 18.6 Å². The summed E-state index contributed by atoms with van der Waals surface area (Å²) in [6.45, 7) is 6.97. The second-order valence-corrected chi connectivity index (χ2v) is 10.5. The van der Waals surface area contributed by atoms with Gasteiger partial charge < -0.3 is 9.64 Å². The molecule has 162 valence electrons. The molecule has 2 aliphatic rings. The molecular weight excluding hydrogens is 414 g/mol. The molecule has 2 fully saturated rings. The molecular formula is C19H29N3O5S2. The molecule has 2 saturated heterocycles. The largest absolute Gasteiger partial charge is 0.466 e. The normalized spacial score (nSPS) is 21.1. The van der Waals surface area contributed by atoms with Crippen LogP contribution in [0.3, 0.4) is 0 Å². The van der Waals surface area contributed by atoms with Crippen molar-refractivity contribution in [3.63, 3.8) is 0 Å². The second kappa shape index (κ2) is 9.55. The van der Waals surface area contributed by atoms with Crippen LogP contribution in [-0.4, -0.2) is 86.3 Å². The van der Waals surface area contributed by atoms with E-state index in [1.165, 1.54) is 15.6 Å². The van der Waals surface area contributed by atoms with Gasteiger partial charge in [0.25, 0.3) is 10.0 Å². The van der Waals surface area contributed by atoms with E-state index in [9.17, 15) is 18.0 Å². The van der Waals surface area contributed by atoms with Crippen LogP contribution in [0.2, 0.25) is 0 Å². The highest BCUT2D eigenvalue weighted by atomic mass is 32.2. The zero-order valence-electron chi connectivity index (χ0n) is 17.0. The molecule has 0 saturated carbocycles. The van der Waals surface area contributed by atoms with Gasteiger partial charge in [0.15, 0.2) is 0 Å². The maximum Gasteiger partial charge on any atom is 0.309 e. The van der Waals surface area contributed by atoms with Crippen LogP contribution in [-0.2, 0) is 24.3 Å². The number of thiophene rings is 1. The quantitative estimate of drug-likeness (QED) is 0.615. The summed E-state index contributed by atoms with van der Waals surface area (Å²) in [7, 11) is -3.44. The summed E-state index contributed by atoms with van der Waals surface area (Å²) < 4.78 is 32.2. The molecule has 1 unspecified atom stereocenters. The van der Waals surface area contributed by atoms with Crippen molar-refractivity contribution in [2.24, 2.45) is 5.92 Å². The number of rotatable bonds is 6. The minimum atomic E-state index is -3.44. The van der Waals surface area contributed by atoms with Crippen molar-refractivity contribution in [3.8, 4) is 0 Å². The number of likely N-dealkylation sites (tertiary alicyclic amines) is 1. The van der Waals surface area contributed by atoms with E-state index in [-0.39, 0.29) is 23.8 Å². The first-order valence-corrected chi connectivity index (χ1v) is 12.4. The van der Waals surface area contributed by atoms with Gasteiger partial charge in [-0.05, 0) is 38.1 Å². The molecule has 3 rings (SSSR count). The molecule has 1 amide bonds. The number of piperidine rings is 1. The molecule has 0 bridgehead atoms. The Bertz CT molecular complexity index is 796. The van der Waals surface area contributed by atoms with Gasteiger partial charge >= 0.3 is 5.97 Å². The predicted molar refractivity (Wildman–Crippen MR) is 110 cm³/mol. The number of sulfonamides is 1. The molecule has 8 nitrogen and oxygen atoms in total. The van der Waals surface area contributed by atoms with E-state index in [4.69, 9.17) is 4.74 Å². The Kier molecular flexibility index (Phi) is 7.31. The highest BCUT2D eigenvalue weighted by molar-refractivity contribution is 7.91. The Morgan fingerprint density at radius 3 is 2.38 bits per heavy atom. The number of amides is 1. The summed E-state index contributed by atoms with van der Waals surface area (Å²) in [6, 6.07) is 3.05. The maximum atomic E-state index is 12.9.